The van der Waals surface area contributed by atoms with Crippen LogP contribution in [-0.2, 0) is 17.9 Å². The lowest BCUT2D eigenvalue weighted by atomic mass is 9.96. The van der Waals surface area contributed by atoms with Crippen molar-refractivity contribution in [1.82, 2.24) is 14.1 Å². The molecule has 0 N–H and O–H groups in total. The third-order valence-corrected chi connectivity index (χ3v) is 5.33. The topological polar surface area (TPSA) is 70.6 Å². The number of methoxy groups -OCH3 is 1. The van der Waals surface area contributed by atoms with Crippen LogP contribution in [0.1, 0.15) is 5.69 Å². The third kappa shape index (κ3) is 3.14. The number of hydrogen-bond acceptors (Lipinski definition) is 5. The number of benzene rings is 2. The fourth-order valence-electron chi connectivity index (χ4n) is 3.92. The highest BCUT2D eigenvalue weighted by molar-refractivity contribution is 6.04. The standard InChI is InChI=1S/C23H20N4O3/c1-29-17-7-8-19-20(11-17)22(16-5-3-2-4-6-16)21-12-25-30-18(14-27(21)23(19)28)13-26-10-9-24-15-26/h2-12,15,18H,13-14H2,1H3. The molecule has 7 nitrogen and oxygen atoms in total. The van der Waals surface area contributed by atoms with Gasteiger partial charge in [-0.3, -0.25) is 4.79 Å². The predicted octanol–water partition coefficient (Wildman–Crippen LogP) is 3.31. The summed E-state index contributed by atoms with van der Waals surface area (Å²) in [4.78, 5) is 23.2. The first-order valence-corrected chi connectivity index (χ1v) is 9.69. The zero-order chi connectivity index (χ0) is 20.5. The Bertz CT molecular complexity index is 1280. The van der Waals surface area contributed by atoms with E-state index < -0.39 is 0 Å². The van der Waals surface area contributed by atoms with Gasteiger partial charge in [0, 0.05) is 28.7 Å². The fourth-order valence-corrected chi connectivity index (χ4v) is 3.92. The average Bonchev–Trinajstić information content (AvgIpc) is 3.20. The number of ether oxygens (including phenoxy) is 1. The van der Waals surface area contributed by atoms with E-state index in [1.54, 1.807) is 30.4 Å². The van der Waals surface area contributed by atoms with E-state index in [0.29, 0.717) is 24.2 Å². The second kappa shape index (κ2) is 7.51. The minimum atomic E-state index is -0.297. The SMILES string of the molecule is COc1ccc2c(=O)n3c(c(-c4ccccc4)c2c1)C=NOC(Cn1ccnc1)C3. The number of rotatable bonds is 4. The molecule has 7 heteroatoms. The summed E-state index contributed by atoms with van der Waals surface area (Å²) in [5.74, 6) is 0.698. The number of imidazole rings is 1. The Labute approximate surface area is 172 Å². The number of fused-ring (bicyclic) bond motifs is 2. The van der Waals surface area contributed by atoms with Crippen LogP contribution in [0.2, 0.25) is 0 Å². The molecule has 2 aromatic heterocycles. The first kappa shape index (κ1) is 18.2. The lowest BCUT2D eigenvalue weighted by Gasteiger charge is -2.19. The highest BCUT2D eigenvalue weighted by atomic mass is 16.6. The maximum absolute atomic E-state index is 13.4. The first-order chi connectivity index (χ1) is 14.7. The molecule has 0 saturated heterocycles. The summed E-state index contributed by atoms with van der Waals surface area (Å²) < 4.78 is 9.10. The second-order valence-electron chi connectivity index (χ2n) is 7.17. The Kier molecular flexibility index (Phi) is 4.55. The van der Waals surface area contributed by atoms with E-state index in [2.05, 4.69) is 10.1 Å². The molecule has 0 amide bonds. The molecule has 0 aliphatic carbocycles. The molecule has 2 aromatic carbocycles. The molecule has 5 rings (SSSR count). The molecule has 1 unspecified atom stereocenters. The summed E-state index contributed by atoms with van der Waals surface area (Å²) in [5.41, 5.74) is 2.58. The predicted molar refractivity (Wildman–Crippen MR) is 115 cm³/mol. The number of hydrogen-bond donors (Lipinski definition) is 0. The Balaban J connectivity index is 1.74. The molecule has 30 heavy (non-hydrogen) atoms. The van der Waals surface area contributed by atoms with Crippen LogP contribution in [0.25, 0.3) is 21.9 Å². The molecule has 0 saturated carbocycles. The average molecular weight is 400 g/mol. The van der Waals surface area contributed by atoms with Gasteiger partial charge in [-0.2, -0.15) is 0 Å². The van der Waals surface area contributed by atoms with Crippen molar-refractivity contribution in [2.45, 2.75) is 19.2 Å². The summed E-state index contributed by atoms with van der Waals surface area (Å²) in [6.07, 6.45) is 6.65. The van der Waals surface area contributed by atoms with Crippen LogP contribution in [0.3, 0.4) is 0 Å². The normalized spacial score (nSPS) is 15.4. The van der Waals surface area contributed by atoms with Gasteiger partial charge in [-0.25, -0.2) is 4.98 Å². The minimum absolute atomic E-state index is 0.0742. The van der Waals surface area contributed by atoms with Crippen LogP contribution in [0.4, 0.5) is 0 Å². The second-order valence-corrected chi connectivity index (χ2v) is 7.17. The van der Waals surface area contributed by atoms with Crippen molar-refractivity contribution in [3.8, 4) is 16.9 Å². The summed E-state index contributed by atoms with van der Waals surface area (Å²) in [5, 5.41) is 5.67. The van der Waals surface area contributed by atoms with Gasteiger partial charge in [-0.1, -0.05) is 35.5 Å². The molecular weight excluding hydrogens is 380 g/mol. The molecular formula is C23H20N4O3. The molecule has 1 atom stereocenters. The van der Waals surface area contributed by atoms with Gasteiger partial charge < -0.3 is 18.7 Å². The summed E-state index contributed by atoms with van der Waals surface area (Å²) in [6.45, 7) is 0.929. The summed E-state index contributed by atoms with van der Waals surface area (Å²) in [6, 6.07) is 15.5. The van der Waals surface area contributed by atoms with Crippen LogP contribution in [-0.4, -0.2) is 33.5 Å². The van der Waals surface area contributed by atoms with E-state index in [0.717, 1.165) is 22.2 Å². The molecule has 0 spiro atoms. The number of nitrogens with zero attached hydrogens (tertiary/aromatic N) is 4. The lowest BCUT2D eigenvalue weighted by molar-refractivity contribution is 0.0382. The van der Waals surface area contributed by atoms with Crippen LogP contribution < -0.4 is 10.3 Å². The van der Waals surface area contributed by atoms with Gasteiger partial charge in [0.25, 0.3) is 5.56 Å². The molecule has 150 valence electrons. The maximum Gasteiger partial charge on any atom is 0.259 e. The van der Waals surface area contributed by atoms with Crippen molar-refractivity contribution in [3.63, 3.8) is 0 Å². The Hall–Kier alpha value is -3.87. The highest BCUT2D eigenvalue weighted by Gasteiger charge is 2.23. The number of aromatic nitrogens is 3. The molecule has 0 fully saturated rings. The van der Waals surface area contributed by atoms with Crippen LogP contribution in [0.15, 0.2) is 77.2 Å². The van der Waals surface area contributed by atoms with Gasteiger partial charge in [0.1, 0.15) is 5.75 Å². The maximum atomic E-state index is 13.4. The van der Waals surface area contributed by atoms with Gasteiger partial charge in [0.05, 0.1) is 38.4 Å². The number of pyridine rings is 1. The van der Waals surface area contributed by atoms with E-state index >= 15 is 0 Å². The first-order valence-electron chi connectivity index (χ1n) is 9.69. The molecule has 1 aliphatic rings. The van der Waals surface area contributed by atoms with Gasteiger partial charge in [0.2, 0.25) is 0 Å². The lowest BCUT2D eigenvalue weighted by Crippen LogP contribution is -2.31. The molecule has 4 aromatic rings. The van der Waals surface area contributed by atoms with Crippen molar-refractivity contribution in [2.24, 2.45) is 5.16 Å². The van der Waals surface area contributed by atoms with Crippen molar-refractivity contribution in [3.05, 3.63) is 83.3 Å². The Morgan fingerprint density at radius 1 is 1.17 bits per heavy atom. The Morgan fingerprint density at radius 2 is 2.03 bits per heavy atom. The van der Waals surface area contributed by atoms with Crippen LogP contribution >= 0.6 is 0 Å². The van der Waals surface area contributed by atoms with E-state index in [1.807, 2.05) is 59.3 Å². The Morgan fingerprint density at radius 3 is 2.80 bits per heavy atom. The molecule has 3 heterocycles. The van der Waals surface area contributed by atoms with Crippen LogP contribution in [0.5, 0.6) is 5.75 Å². The van der Waals surface area contributed by atoms with Gasteiger partial charge in [0.15, 0.2) is 6.10 Å². The van der Waals surface area contributed by atoms with Crippen molar-refractivity contribution < 1.29 is 9.57 Å². The molecule has 1 aliphatic heterocycles. The van der Waals surface area contributed by atoms with E-state index in [-0.39, 0.29) is 11.7 Å². The monoisotopic (exact) mass is 400 g/mol. The van der Waals surface area contributed by atoms with Gasteiger partial charge in [-0.15, -0.1) is 0 Å². The van der Waals surface area contributed by atoms with Crippen molar-refractivity contribution in [1.29, 1.82) is 0 Å². The van der Waals surface area contributed by atoms with E-state index in [9.17, 15) is 4.79 Å². The number of oxime groups is 1. The van der Waals surface area contributed by atoms with E-state index in [4.69, 9.17) is 9.57 Å². The quantitative estimate of drug-likeness (QED) is 0.527. The largest absolute Gasteiger partial charge is 0.497 e. The molecule has 0 radical (unpaired) electrons. The van der Waals surface area contributed by atoms with Gasteiger partial charge in [-0.05, 0) is 23.8 Å². The fraction of sp³-hybridized carbons (Fsp3) is 0.174. The highest BCUT2D eigenvalue weighted by Crippen LogP contribution is 2.33. The minimum Gasteiger partial charge on any atom is -0.497 e. The molecule has 0 bridgehead atoms. The van der Waals surface area contributed by atoms with Gasteiger partial charge >= 0.3 is 0 Å². The van der Waals surface area contributed by atoms with Crippen molar-refractivity contribution in [2.75, 3.05) is 7.11 Å². The summed E-state index contributed by atoms with van der Waals surface area (Å²) >= 11 is 0. The smallest absolute Gasteiger partial charge is 0.259 e. The summed E-state index contributed by atoms with van der Waals surface area (Å²) in [7, 11) is 1.62. The van der Waals surface area contributed by atoms with Crippen LogP contribution in [0, 0.1) is 0 Å². The zero-order valence-corrected chi connectivity index (χ0v) is 16.4. The van der Waals surface area contributed by atoms with Crippen molar-refractivity contribution >= 4 is 17.0 Å². The van der Waals surface area contributed by atoms with E-state index in [1.165, 1.54) is 0 Å². The zero-order valence-electron chi connectivity index (χ0n) is 16.4. The third-order valence-electron chi connectivity index (χ3n) is 5.33.